The number of hydrogen-bond acceptors (Lipinski definition) is 2. The molecule has 1 amide bonds. The van der Waals surface area contributed by atoms with Crippen LogP contribution in [0.25, 0.3) is 0 Å². The summed E-state index contributed by atoms with van der Waals surface area (Å²) < 4.78 is 0.976. The zero-order chi connectivity index (χ0) is 11.5. The molecule has 1 aliphatic carbocycles. The summed E-state index contributed by atoms with van der Waals surface area (Å²) in [7, 11) is 0. The van der Waals surface area contributed by atoms with Gasteiger partial charge in [-0.05, 0) is 40.9 Å². The summed E-state index contributed by atoms with van der Waals surface area (Å²) in [6.07, 6.45) is 4.32. The first kappa shape index (κ1) is 12.4. The molecule has 0 aromatic carbocycles. The maximum Gasteiger partial charge on any atom is 0.261 e. The summed E-state index contributed by atoms with van der Waals surface area (Å²) in [5.74, 6) is -0.00625. The van der Waals surface area contributed by atoms with Gasteiger partial charge in [0.05, 0.1) is 14.0 Å². The van der Waals surface area contributed by atoms with E-state index in [1.165, 1.54) is 17.8 Å². The molecule has 0 spiro atoms. The molecule has 5 heteroatoms. The van der Waals surface area contributed by atoms with Gasteiger partial charge in [0.2, 0.25) is 0 Å². The number of rotatable bonds is 2. The van der Waals surface area contributed by atoms with Crippen molar-refractivity contribution >= 4 is 44.8 Å². The number of carbonyl (C=O) groups is 1. The number of hydrogen-bond donors (Lipinski definition) is 1. The summed E-state index contributed by atoms with van der Waals surface area (Å²) in [6, 6.07) is 3.85. The molecule has 2 rings (SSSR count). The highest BCUT2D eigenvalue weighted by Crippen LogP contribution is 2.25. The van der Waals surface area contributed by atoms with Crippen LogP contribution in [0.3, 0.4) is 0 Å². The van der Waals surface area contributed by atoms with Crippen molar-refractivity contribution in [3.05, 3.63) is 20.8 Å². The van der Waals surface area contributed by atoms with Crippen LogP contribution < -0.4 is 5.32 Å². The molecule has 1 aliphatic rings. The lowest BCUT2D eigenvalue weighted by molar-refractivity contribution is 0.0933. The van der Waals surface area contributed by atoms with Crippen molar-refractivity contribution in [1.29, 1.82) is 0 Å². The molecule has 0 radical (unpaired) electrons. The van der Waals surface area contributed by atoms with E-state index in [1.54, 1.807) is 0 Å². The van der Waals surface area contributed by atoms with Crippen molar-refractivity contribution in [3.8, 4) is 0 Å². The minimum Gasteiger partial charge on any atom is -0.347 e. The summed E-state index contributed by atoms with van der Waals surface area (Å²) in [6.45, 7) is 0. The molecule has 88 valence electrons. The molecule has 0 saturated heterocycles. The van der Waals surface area contributed by atoms with Crippen LogP contribution in [0, 0.1) is 0 Å². The fourth-order valence-electron chi connectivity index (χ4n) is 1.92. The molecule has 16 heavy (non-hydrogen) atoms. The molecule has 2 unspecified atom stereocenters. The standard InChI is InChI=1S/C11H13BrClNOS/c12-10-6-5-9(16-10)11(15)14-8-4-2-1-3-7(8)13/h5-8H,1-4H2,(H,14,15). The number of carbonyl (C=O) groups excluding carboxylic acids is 1. The Morgan fingerprint density at radius 2 is 2.19 bits per heavy atom. The van der Waals surface area contributed by atoms with Gasteiger partial charge >= 0.3 is 0 Å². The quantitative estimate of drug-likeness (QED) is 0.825. The monoisotopic (exact) mass is 321 g/mol. The zero-order valence-electron chi connectivity index (χ0n) is 8.71. The lowest BCUT2D eigenvalue weighted by Crippen LogP contribution is -2.42. The molecule has 2 nitrogen and oxygen atoms in total. The zero-order valence-corrected chi connectivity index (χ0v) is 11.9. The normalized spacial score (nSPS) is 25.4. The van der Waals surface area contributed by atoms with Crippen LogP contribution in [0.4, 0.5) is 0 Å². The van der Waals surface area contributed by atoms with Gasteiger partial charge in [0, 0.05) is 6.04 Å². The Morgan fingerprint density at radius 3 is 2.81 bits per heavy atom. The van der Waals surface area contributed by atoms with Gasteiger partial charge in [-0.15, -0.1) is 22.9 Å². The third-order valence-electron chi connectivity index (χ3n) is 2.80. The van der Waals surface area contributed by atoms with Crippen molar-refractivity contribution in [2.45, 2.75) is 37.1 Å². The van der Waals surface area contributed by atoms with Crippen molar-refractivity contribution in [1.82, 2.24) is 5.32 Å². The number of halogens is 2. The average molecular weight is 323 g/mol. The van der Waals surface area contributed by atoms with Gasteiger partial charge in [-0.3, -0.25) is 4.79 Å². The van der Waals surface area contributed by atoms with Crippen LogP contribution in [0.5, 0.6) is 0 Å². The van der Waals surface area contributed by atoms with Gasteiger partial charge in [0.25, 0.3) is 5.91 Å². The highest BCUT2D eigenvalue weighted by molar-refractivity contribution is 9.11. The van der Waals surface area contributed by atoms with Gasteiger partial charge in [-0.1, -0.05) is 12.8 Å². The highest BCUT2D eigenvalue weighted by atomic mass is 79.9. The number of nitrogens with one attached hydrogen (secondary N) is 1. The van der Waals surface area contributed by atoms with Crippen LogP contribution >= 0.6 is 38.9 Å². The third-order valence-corrected chi connectivity index (χ3v) is 4.94. The van der Waals surface area contributed by atoms with E-state index in [0.29, 0.717) is 0 Å². The van der Waals surface area contributed by atoms with Crippen LogP contribution in [0.1, 0.15) is 35.4 Å². The fourth-order valence-corrected chi connectivity index (χ4v) is 3.56. The Kier molecular flexibility index (Phi) is 4.27. The minimum absolute atomic E-state index is 0.00625. The first-order chi connectivity index (χ1) is 7.66. The summed E-state index contributed by atoms with van der Waals surface area (Å²) >= 11 is 11.0. The van der Waals surface area contributed by atoms with E-state index in [2.05, 4.69) is 21.2 Å². The van der Waals surface area contributed by atoms with Gasteiger partial charge < -0.3 is 5.32 Å². The maximum atomic E-state index is 11.9. The van der Waals surface area contributed by atoms with Crippen LogP contribution in [-0.2, 0) is 0 Å². The molecule has 1 fully saturated rings. The average Bonchev–Trinajstić information content (AvgIpc) is 2.68. The molecule has 1 aromatic rings. The first-order valence-electron chi connectivity index (χ1n) is 5.37. The lowest BCUT2D eigenvalue weighted by atomic mass is 9.95. The molecule has 0 aliphatic heterocycles. The van der Waals surface area contributed by atoms with E-state index in [1.807, 2.05) is 12.1 Å². The van der Waals surface area contributed by atoms with E-state index in [0.717, 1.165) is 27.9 Å². The second kappa shape index (κ2) is 5.52. The Labute approximate surface area is 113 Å². The Hall–Kier alpha value is -0.0600. The van der Waals surface area contributed by atoms with Crippen molar-refractivity contribution in [2.24, 2.45) is 0 Å². The molecule has 0 bridgehead atoms. The van der Waals surface area contributed by atoms with Gasteiger partial charge in [-0.25, -0.2) is 0 Å². The summed E-state index contributed by atoms with van der Waals surface area (Å²) in [5.41, 5.74) is 0. The first-order valence-corrected chi connectivity index (χ1v) is 7.41. The largest absolute Gasteiger partial charge is 0.347 e. The maximum absolute atomic E-state index is 11.9. The Morgan fingerprint density at radius 1 is 1.44 bits per heavy atom. The minimum atomic E-state index is -0.00625. The molecule has 1 heterocycles. The van der Waals surface area contributed by atoms with Gasteiger partial charge in [-0.2, -0.15) is 0 Å². The Bertz CT molecular complexity index is 382. The topological polar surface area (TPSA) is 29.1 Å². The second-order valence-corrected chi connectivity index (χ2v) is 7.01. The Balaban J connectivity index is 1.96. The number of thiophene rings is 1. The second-order valence-electron chi connectivity index (χ2n) is 3.98. The third kappa shape index (κ3) is 2.99. The molecular weight excluding hydrogens is 310 g/mol. The highest BCUT2D eigenvalue weighted by Gasteiger charge is 2.25. The molecule has 1 saturated carbocycles. The lowest BCUT2D eigenvalue weighted by Gasteiger charge is -2.27. The van der Waals surface area contributed by atoms with E-state index < -0.39 is 0 Å². The van der Waals surface area contributed by atoms with Crippen LogP contribution in [-0.4, -0.2) is 17.3 Å². The number of alkyl halides is 1. The fraction of sp³-hybridized carbons (Fsp3) is 0.545. The molecule has 1 aromatic heterocycles. The van der Waals surface area contributed by atoms with Gasteiger partial charge in [0.1, 0.15) is 0 Å². The van der Waals surface area contributed by atoms with Gasteiger partial charge in [0.15, 0.2) is 0 Å². The van der Waals surface area contributed by atoms with Crippen molar-refractivity contribution in [2.75, 3.05) is 0 Å². The summed E-state index contributed by atoms with van der Waals surface area (Å²) in [4.78, 5) is 12.6. The van der Waals surface area contributed by atoms with Crippen molar-refractivity contribution in [3.63, 3.8) is 0 Å². The SMILES string of the molecule is O=C(NC1CCCCC1Cl)c1ccc(Br)s1. The van der Waals surface area contributed by atoms with Crippen LogP contribution in [0.15, 0.2) is 15.9 Å². The number of amides is 1. The van der Waals surface area contributed by atoms with E-state index >= 15 is 0 Å². The molecule has 2 atom stereocenters. The smallest absolute Gasteiger partial charge is 0.261 e. The van der Waals surface area contributed by atoms with Crippen molar-refractivity contribution < 1.29 is 4.79 Å². The van der Waals surface area contributed by atoms with E-state index in [-0.39, 0.29) is 17.3 Å². The van der Waals surface area contributed by atoms with Crippen LogP contribution in [0.2, 0.25) is 0 Å². The predicted molar refractivity (Wildman–Crippen MR) is 71.4 cm³/mol. The molecular formula is C11H13BrClNOS. The predicted octanol–water partition coefficient (Wildman–Crippen LogP) is 3.79. The molecule has 1 N–H and O–H groups in total. The van der Waals surface area contributed by atoms with E-state index in [9.17, 15) is 4.79 Å². The summed E-state index contributed by atoms with van der Waals surface area (Å²) in [5, 5.41) is 3.10. The van der Waals surface area contributed by atoms with E-state index in [4.69, 9.17) is 11.6 Å².